The second kappa shape index (κ2) is 6.07. The van der Waals surface area contributed by atoms with Crippen LogP contribution in [0.2, 0.25) is 0 Å². The Morgan fingerprint density at radius 2 is 2.23 bits per heavy atom. The van der Waals surface area contributed by atoms with Crippen LogP contribution in [-0.2, 0) is 11.3 Å². The number of likely N-dealkylation sites (tertiary alicyclic amines) is 1. The Morgan fingerprint density at radius 3 is 2.95 bits per heavy atom. The molecule has 2 aromatic rings. The zero-order valence-corrected chi connectivity index (χ0v) is 13.5. The van der Waals surface area contributed by atoms with Gasteiger partial charge >= 0.3 is 0 Å². The highest BCUT2D eigenvalue weighted by atomic mass is 32.1. The first-order chi connectivity index (χ1) is 10.8. The molecule has 0 radical (unpaired) electrons. The topological polar surface area (TPSA) is 38.2 Å². The summed E-state index contributed by atoms with van der Waals surface area (Å²) in [6.45, 7) is 4.05. The lowest BCUT2D eigenvalue weighted by atomic mass is 9.83. The Bertz CT molecular complexity index is 594. The number of rotatable bonds is 3. The van der Waals surface area contributed by atoms with Crippen molar-refractivity contribution in [3.05, 3.63) is 46.7 Å². The molecule has 4 heterocycles. The number of aromatic nitrogens is 2. The van der Waals surface area contributed by atoms with Crippen LogP contribution < -0.4 is 0 Å². The fraction of sp³-hybridized carbons (Fsp3) is 0.529. The lowest BCUT2D eigenvalue weighted by Crippen LogP contribution is -2.43. The molecule has 0 bridgehead atoms. The number of pyridine rings is 1. The number of nitrogens with zero attached hydrogens (tertiary/aromatic N) is 3. The Kier molecular flexibility index (Phi) is 3.94. The van der Waals surface area contributed by atoms with Crippen molar-refractivity contribution in [3.63, 3.8) is 0 Å². The van der Waals surface area contributed by atoms with E-state index in [9.17, 15) is 0 Å². The molecule has 5 heteroatoms. The highest BCUT2D eigenvalue weighted by Gasteiger charge is 2.43. The number of hydrogen-bond donors (Lipinski definition) is 0. The molecule has 2 saturated heterocycles. The monoisotopic (exact) mass is 315 g/mol. The van der Waals surface area contributed by atoms with Gasteiger partial charge in [0.2, 0.25) is 0 Å². The molecule has 1 spiro atoms. The molecule has 2 aliphatic rings. The Balaban J connectivity index is 1.35. The minimum Gasteiger partial charge on any atom is -0.374 e. The van der Waals surface area contributed by atoms with Crippen LogP contribution in [-0.4, -0.2) is 40.2 Å². The van der Waals surface area contributed by atoms with Crippen LogP contribution >= 0.6 is 11.3 Å². The average molecular weight is 315 g/mol. The van der Waals surface area contributed by atoms with E-state index < -0.39 is 0 Å². The van der Waals surface area contributed by atoms with Crippen LogP contribution in [0.15, 0.2) is 36.1 Å². The van der Waals surface area contributed by atoms with Crippen LogP contribution in [0.1, 0.15) is 35.8 Å². The standard InChI is InChI=1S/C17H21N3OS/c1-2-14(11-18-5-1)15-10-17(21-13-15)3-7-20(8-4-17)12-16-19-6-9-22-16/h1-2,5-6,9,11,15H,3-4,7-8,10,12-13H2/t15-/m1/s1. The Hall–Kier alpha value is -1.30. The minimum atomic E-state index is 0.0971. The van der Waals surface area contributed by atoms with Gasteiger partial charge in [0, 0.05) is 43.0 Å². The fourth-order valence-corrected chi connectivity index (χ4v) is 4.32. The van der Waals surface area contributed by atoms with Gasteiger partial charge in [0.05, 0.1) is 18.8 Å². The van der Waals surface area contributed by atoms with E-state index in [0.717, 1.165) is 45.5 Å². The summed E-state index contributed by atoms with van der Waals surface area (Å²) in [6.07, 6.45) is 9.13. The molecule has 1 atom stereocenters. The fourth-order valence-electron chi connectivity index (χ4n) is 3.67. The van der Waals surface area contributed by atoms with E-state index >= 15 is 0 Å². The molecule has 0 aliphatic carbocycles. The van der Waals surface area contributed by atoms with E-state index in [1.165, 1.54) is 10.6 Å². The van der Waals surface area contributed by atoms with Crippen molar-refractivity contribution in [2.24, 2.45) is 0 Å². The van der Waals surface area contributed by atoms with E-state index in [0.29, 0.717) is 5.92 Å². The quantitative estimate of drug-likeness (QED) is 0.872. The third kappa shape index (κ3) is 2.93. The maximum Gasteiger partial charge on any atom is 0.107 e. The first kappa shape index (κ1) is 14.3. The predicted molar refractivity (Wildman–Crippen MR) is 86.9 cm³/mol. The van der Waals surface area contributed by atoms with Gasteiger partial charge in [0.25, 0.3) is 0 Å². The molecule has 0 unspecified atom stereocenters. The summed E-state index contributed by atoms with van der Waals surface area (Å²) in [7, 11) is 0. The number of hydrogen-bond acceptors (Lipinski definition) is 5. The Morgan fingerprint density at radius 1 is 1.32 bits per heavy atom. The van der Waals surface area contributed by atoms with Gasteiger partial charge in [-0.1, -0.05) is 6.07 Å². The molecule has 0 saturated carbocycles. The summed E-state index contributed by atoms with van der Waals surface area (Å²) in [6, 6.07) is 4.20. The van der Waals surface area contributed by atoms with Gasteiger partial charge in [-0.25, -0.2) is 4.98 Å². The van der Waals surface area contributed by atoms with Gasteiger partial charge < -0.3 is 4.74 Å². The summed E-state index contributed by atoms with van der Waals surface area (Å²) in [5.41, 5.74) is 1.42. The summed E-state index contributed by atoms with van der Waals surface area (Å²) in [4.78, 5) is 11.1. The first-order valence-corrected chi connectivity index (χ1v) is 8.86. The molecule has 4 nitrogen and oxygen atoms in total. The van der Waals surface area contributed by atoms with E-state index in [1.54, 1.807) is 11.3 Å². The summed E-state index contributed by atoms with van der Waals surface area (Å²) in [5, 5.41) is 3.27. The molecule has 22 heavy (non-hydrogen) atoms. The van der Waals surface area contributed by atoms with Crippen molar-refractivity contribution in [1.29, 1.82) is 0 Å². The summed E-state index contributed by atoms with van der Waals surface area (Å²) in [5.74, 6) is 0.513. The molecule has 0 N–H and O–H groups in total. The van der Waals surface area contributed by atoms with Crippen molar-refractivity contribution >= 4 is 11.3 Å². The maximum atomic E-state index is 6.26. The van der Waals surface area contributed by atoms with Crippen molar-refractivity contribution in [2.45, 2.75) is 37.3 Å². The van der Waals surface area contributed by atoms with Crippen LogP contribution in [0.4, 0.5) is 0 Å². The zero-order valence-electron chi connectivity index (χ0n) is 12.6. The van der Waals surface area contributed by atoms with Crippen LogP contribution in [0, 0.1) is 0 Å². The van der Waals surface area contributed by atoms with Crippen molar-refractivity contribution in [3.8, 4) is 0 Å². The van der Waals surface area contributed by atoms with Gasteiger partial charge in [0.15, 0.2) is 0 Å². The molecule has 2 aliphatic heterocycles. The molecule has 116 valence electrons. The molecule has 2 aromatic heterocycles. The largest absolute Gasteiger partial charge is 0.374 e. The molecular weight excluding hydrogens is 294 g/mol. The van der Waals surface area contributed by atoms with Gasteiger partial charge in [0.1, 0.15) is 5.01 Å². The van der Waals surface area contributed by atoms with E-state index in [2.05, 4.69) is 26.3 Å². The molecule has 0 aromatic carbocycles. The van der Waals surface area contributed by atoms with E-state index in [1.807, 2.05) is 24.7 Å². The summed E-state index contributed by atoms with van der Waals surface area (Å²) < 4.78 is 6.26. The molecular formula is C17H21N3OS. The minimum absolute atomic E-state index is 0.0971. The van der Waals surface area contributed by atoms with Crippen LogP contribution in [0.25, 0.3) is 0 Å². The molecule has 0 amide bonds. The lowest BCUT2D eigenvalue weighted by Gasteiger charge is -2.38. The second-order valence-corrected chi connectivity index (χ2v) is 7.36. The van der Waals surface area contributed by atoms with Gasteiger partial charge in [-0.3, -0.25) is 9.88 Å². The number of thiazole rings is 1. The van der Waals surface area contributed by atoms with Crippen LogP contribution in [0.5, 0.6) is 0 Å². The van der Waals surface area contributed by atoms with Crippen molar-refractivity contribution in [1.82, 2.24) is 14.9 Å². The molecule has 4 rings (SSSR count). The van der Waals surface area contributed by atoms with Gasteiger partial charge in [-0.05, 0) is 30.9 Å². The smallest absolute Gasteiger partial charge is 0.107 e. The predicted octanol–water partition coefficient (Wildman–Crippen LogP) is 3.08. The number of piperidine rings is 1. The average Bonchev–Trinajstić information content (AvgIpc) is 3.21. The van der Waals surface area contributed by atoms with E-state index in [-0.39, 0.29) is 5.60 Å². The first-order valence-electron chi connectivity index (χ1n) is 7.98. The second-order valence-electron chi connectivity index (χ2n) is 6.38. The third-order valence-corrected chi connectivity index (χ3v) is 5.74. The SMILES string of the molecule is c1cncc([C@H]2COC3(CCN(Cc4nccs4)CC3)C2)c1. The number of ether oxygens (including phenoxy) is 1. The van der Waals surface area contributed by atoms with E-state index in [4.69, 9.17) is 4.74 Å². The highest BCUT2D eigenvalue weighted by Crippen LogP contribution is 2.42. The van der Waals surface area contributed by atoms with Crippen molar-refractivity contribution < 1.29 is 4.74 Å². The zero-order chi connectivity index (χ0) is 14.8. The van der Waals surface area contributed by atoms with Crippen LogP contribution in [0.3, 0.4) is 0 Å². The third-order valence-electron chi connectivity index (χ3n) is 4.97. The van der Waals surface area contributed by atoms with Gasteiger partial charge in [-0.15, -0.1) is 11.3 Å². The normalized spacial score (nSPS) is 24.8. The lowest BCUT2D eigenvalue weighted by molar-refractivity contribution is -0.0448. The maximum absolute atomic E-state index is 6.26. The van der Waals surface area contributed by atoms with Gasteiger partial charge in [-0.2, -0.15) is 0 Å². The summed E-state index contributed by atoms with van der Waals surface area (Å²) >= 11 is 1.75. The highest BCUT2D eigenvalue weighted by molar-refractivity contribution is 7.09. The van der Waals surface area contributed by atoms with Crippen molar-refractivity contribution in [2.75, 3.05) is 19.7 Å². The Labute approximate surface area is 135 Å². The molecule has 2 fully saturated rings.